The molecule has 2 aromatic carbocycles. The second-order valence-corrected chi connectivity index (χ2v) is 9.79. The number of Topliss-reactive ketones (excluding diaryl/α,β-unsaturated/α-hetero) is 1. The van der Waals surface area contributed by atoms with Crippen molar-refractivity contribution in [2.75, 3.05) is 7.04 Å². The van der Waals surface area contributed by atoms with E-state index in [1.54, 1.807) is 18.3 Å². The summed E-state index contributed by atoms with van der Waals surface area (Å²) in [5.41, 5.74) is 0.901. The SMILES string of the molecule is [2H]C([2H])([2H])OC(=O)N/C=C/CCCc1cc(O)c(C(=O)C(C)=Cc2cnc(Oc3ccc(-c4ccccc4)cc3)s2)c(=O)o1. The molecular formula is C31H28N2O7S. The van der Waals surface area contributed by atoms with Gasteiger partial charge in [-0.3, -0.25) is 10.1 Å². The number of thiazole rings is 1. The van der Waals surface area contributed by atoms with Gasteiger partial charge in [-0.15, -0.1) is 0 Å². The second kappa shape index (κ2) is 13.9. The number of hydrogen-bond acceptors (Lipinski definition) is 9. The number of nitrogens with one attached hydrogen (secondary N) is 1. The largest absolute Gasteiger partial charge is 0.507 e. The van der Waals surface area contributed by atoms with Crippen molar-refractivity contribution in [3.8, 4) is 27.8 Å². The number of aryl methyl sites for hydroxylation is 1. The predicted octanol–water partition coefficient (Wildman–Crippen LogP) is 6.74. The molecule has 10 heteroatoms. The topological polar surface area (TPSA) is 128 Å². The van der Waals surface area contributed by atoms with Gasteiger partial charge in [0.05, 0.1) is 16.0 Å². The van der Waals surface area contributed by atoms with Gasteiger partial charge in [-0.25, -0.2) is 14.6 Å². The molecule has 0 aliphatic rings. The Balaban J connectivity index is 1.32. The number of hydrogen-bond donors (Lipinski definition) is 2. The normalized spacial score (nSPS) is 12.8. The van der Waals surface area contributed by atoms with Crippen LogP contribution in [-0.4, -0.2) is 29.0 Å². The van der Waals surface area contributed by atoms with Crippen LogP contribution in [0.1, 0.15) is 44.9 Å². The lowest BCUT2D eigenvalue weighted by Gasteiger charge is -2.05. The number of carbonyl (C=O) groups excluding carboxylic acids is 2. The molecule has 0 saturated carbocycles. The van der Waals surface area contributed by atoms with Crippen LogP contribution in [0.25, 0.3) is 17.2 Å². The van der Waals surface area contributed by atoms with Crippen molar-refractivity contribution < 1.29 is 32.7 Å². The standard InChI is InChI=1S/C31H28N2O7S/c1-20(28(35)27-26(34)18-24(39-29(27)36)11-7-4-8-16-32-30(37)38-2)17-25-19-33-31(41-25)40-23-14-12-22(13-15-23)21-9-5-3-6-10-21/h3,5-6,8-10,12-19,34H,4,7,11H2,1-2H3,(H,32,37)/b16-8+,20-17?/i2D3. The van der Waals surface area contributed by atoms with Crippen LogP contribution in [0.5, 0.6) is 16.7 Å². The molecule has 9 nitrogen and oxygen atoms in total. The molecule has 2 heterocycles. The van der Waals surface area contributed by atoms with E-state index in [9.17, 15) is 19.5 Å². The van der Waals surface area contributed by atoms with E-state index < -0.39 is 35.9 Å². The fourth-order valence-electron chi connectivity index (χ4n) is 3.80. The van der Waals surface area contributed by atoms with Crippen molar-refractivity contribution in [1.29, 1.82) is 0 Å². The smallest absolute Gasteiger partial charge is 0.410 e. The van der Waals surface area contributed by atoms with Gasteiger partial charge in [0.15, 0.2) is 5.78 Å². The molecule has 2 aromatic heterocycles. The number of aromatic nitrogens is 1. The number of nitrogens with zero attached hydrogens (tertiary/aromatic N) is 1. The second-order valence-electron chi connectivity index (χ2n) is 8.77. The minimum absolute atomic E-state index is 0.176. The number of methoxy groups -OCH3 is 1. The Morgan fingerprint density at radius 1 is 1.15 bits per heavy atom. The van der Waals surface area contributed by atoms with Crippen molar-refractivity contribution in [2.24, 2.45) is 0 Å². The number of alkyl carbamates (subject to hydrolysis) is 1. The Morgan fingerprint density at radius 3 is 2.63 bits per heavy atom. The molecule has 0 aliphatic heterocycles. The van der Waals surface area contributed by atoms with Crippen LogP contribution in [0.4, 0.5) is 4.79 Å². The van der Waals surface area contributed by atoms with E-state index in [4.69, 9.17) is 13.3 Å². The first-order valence-corrected chi connectivity index (χ1v) is 13.3. The van der Waals surface area contributed by atoms with Gasteiger partial charge >= 0.3 is 11.7 Å². The van der Waals surface area contributed by atoms with E-state index in [0.29, 0.717) is 28.7 Å². The van der Waals surface area contributed by atoms with Crippen LogP contribution in [0, 0.1) is 0 Å². The van der Waals surface area contributed by atoms with Gasteiger partial charge in [-0.2, -0.15) is 0 Å². The first-order valence-electron chi connectivity index (χ1n) is 14.0. The summed E-state index contributed by atoms with van der Waals surface area (Å²) < 4.78 is 35.8. The van der Waals surface area contributed by atoms with Crippen LogP contribution in [0.15, 0.2) is 93.9 Å². The van der Waals surface area contributed by atoms with Crippen LogP contribution in [-0.2, 0) is 11.2 Å². The number of benzene rings is 2. The number of ketones is 1. The first-order chi connectivity index (χ1) is 21.0. The van der Waals surface area contributed by atoms with Crippen molar-refractivity contribution in [1.82, 2.24) is 10.3 Å². The monoisotopic (exact) mass is 575 g/mol. The minimum atomic E-state index is -2.84. The third-order valence-corrected chi connectivity index (χ3v) is 6.62. The van der Waals surface area contributed by atoms with E-state index in [-0.39, 0.29) is 17.8 Å². The molecule has 0 saturated heterocycles. The minimum Gasteiger partial charge on any atom is -0.507 e. The van der Waals surface area contributed by atoms with Gasteiger partial charge in [-0.05, 0) is 54.7 Å². The summed E-state index contributed by atoms with van der Waals surface area (Å²) in [7, 11) is -2.84. The zero-order valence-corrected chi connectivity index (χ0v) is 22.8. The molecule has 2 N–H and O–H groups in total. The molecule has 0 radical (unpaired) electrons. The van der Waals surface area contributed by atoms with Gasteiger partial charge in [0.25, 0.3) is 5.19 Å². The highest BCUT2D eigenvalue weighted by atomic mass is 32.1. The van der Waals surface area contributed by atoms with Gasteiger partial charge in [-0.1, -0.05) is 59.9 Å². The summed E-state index contributed by atoms with van der Waals surface area (Å²) >= 11 is 1.21. The van der Waals surface area contributed by atoms with Crippen molar-refractivity contribution in [3.05, 3.63) is 111 Å². The molecule has 0 spiro atoms. The molecule has 0 unspecified atom stereocenters. The molecule has 4 rings (SSSR count). The fourth-order valence-corrected chi connectivity index (χ4v) is 4.59. The highest BCUT2D eigenvalue weighted by Crippen LogP contribution is 2.30. The average Bonchev–Trinajstić information content (AvgIpc) is 3.40. The molecule has 1 amide bonds. The molecular weight excluding hydrogens is 544 g/mol. The molecule has 210 valence electrons. The maximum atomic E-state index is 13.0. The maximum absolute atomic E-state index is 13.0. The first kappa shape index (κ1) is 25.0. The summed E-state index contributed by atoms with van der Waals surface area (Å²) in [5, 5.41) is 13.0. The quantitative estimate of drug-likeness (QED) is 0.114. The van der Waals surface area contributed by atoms with E-state index in [1.165, 1.54) is 30.5 Å². The highest BCUT2D eigenvalue weighted by molar-refractivity contribution is 7.14. The Morgan fingerprint density at radius 2 is 1.90 bits per heavy atom. The Bertz CT molecular complexity index is 1730. The molecule has 0 bridgehead atoms. The van der Waals surface area contributed by atoms with Crippen LogP contribution in [0.3, 0.4) is 0 Å². The van der Waals surface area contributed by atoms with Gasteiger partial charge in [0, 0.05) is 24.9 Å². The number of allylic oxidation sites excluding steroid dienone is 2. The number of amides is 1. The molecule has 0 atom stereocenters. The van der Waals surface area contributed by atoms with Gasteiger partial charge < -0.3 is 19.0 Å². The van der Waals surface area contributed by atoms with Crippen molar-refractivity contribution in [2.45, 2.75) is 26.2 Å². The lowest BCUT2D eigenvalue weighted by molar-refractivity contribution is 0.102. The van der Waals surface area contributed by atoms with Gasteiger partial charge in [0.1, 0.15) is 22.8 Å². The fraction of sp³-hybridized carbons (Fsp3) is 0.161. The maximum Gasteiger partial charge on any atom is 0.410 e. The number of aromatic hydroxyl groups is 1. The number of rotatable bonds is 11. The van der Waals surface area contributed by atoms with E-state index in [1.807, 2.05) is 54.6 Å². The van der Waals surface area contributed by atoms with Crippen LogP contribution < -0.4 is 15.7 Å². The zero-order chi connectivity index (χ0) is 31.7. The van der Waals surface area contributed by atoms with Crippen molar-refractivity contribution >= 4 is 29.3 Å². The molecule has 0 fully saturated rings. The van der Waals surface area contributed by atoms with Gasteiger partial charge in [0.2, 0.25) is 0 Å². The summed E-state index contributed by atoms with van der Waals surface area (Å²) in [6.07, 6.45) is 5.93. The number of unbranched alkanes of at least 4 members (excludes halogenated alkanes) is 1. The Kier molecular flexibility index (Phi) is 8.49. The summed E-state index contributed by atoms with van der Waals surface area (Å²) in [5.74, 6) is -0.401. The van der Waals surface area contributed by atoms with E-state index in [2.05, 4.69) is 15.0 Å². The predicted molar refractivity (Wildman–Crippen MR) is 156 cm³/mol. The summed E-state index contributed by atoms with van der Waals surface area (Å²) in [6, 6.07) is 18.8. The van der Waals surface area contributed by atoms with Crippen LogP contribution in [0.2, 0.25) is 0 Å². The highest BCUT2D eigenvalue weighted by Gasteiger charge is 2.20. The summed E-state index contributed by atoms with van der Waals surface area (Å²) in [4.78, 5) is 41.7. The Labute approximate surface area is 244 Å². The van der Waals surface area contributed by atoms with Crippen LogP contribution >= 0.6 is 11.3 Å². The lowest BCUT2D eigenvalue weighted by Crippen LogP contribution is -2.16. The average molecular weight is 576 g/mol. The lowest BCUT2D eigenvalue weighted by atomic mass is 10.0. The third-order valence-electron chi connectivity index (χ3n) is 5.80. The number of carbonyl (C=O) groups is 2. The number of ether oxygens (including phenoxy) is 2. The van der Waals surface area contributed by atoms with E-state index >= 15 is 0 Å². The third kappa shape index (κ3) is 8.02. The van der Waals surface area contributed by atoms with E-state index in [0.717, 1.165) is 11.1 Å². The summed E-state index contributed by atoms with van der Waals surface area (Å²) in [6.45, 7) is 1.52. The molecule has 4 aromatic rings. The van der Waals surface area contributed by atoms with Crippen molar-refractivity contribution in [3.63, 3.8) is 0 Å². The molecule has 41 heavy (non-hydrogen) atoms. The zero-order valence-electron chi connectivity index (χ0n) is 25.0. The Hall–Kier alpha value is -4.96. The molecule has 0 aliphatic carbocycles.